The van der Waals surface area contributed by atoms with E-state index in [1.165, 1.54) is 16.9 Å². The molecule has 0 radical (unpaired) electrons. The summed E-state index contributed by atoms with van der Waals surface area (Å²) in [5.74, 6) is -0.137. The summed E-state index contributed by atoms with van der Waals surface area (Å²) in [5.41, 5.74) is 3.99. The Kier molecular flexibility index (Phi) is 7.67. The maximum Gasteiger partial charge on any atom is 0.240 e. The van der Waals surface area contributed by atoms with Crippen LogP contribution in [-0.4, -0.2) is 17.4 Å². The molecule has 2 N–H and O–H groups in total. The van der Waals surface area contributed by atoms with Crippen LogP contribution in [0.3, 0.4) is 0 Å². The Balaban J connectivity index is 1.53. The first-order valence-corrected chi connectivity index (χ1v) is 11.1. The number of aromatic nitrogens is 1. The highest BCUT2D eigenvalue weighted by molar-refractivity contribution is 7.14. The van der Waals surface area contributed by atoms with Gasteiger partial charge in [-0.15, -0.1) is 11.3 Å². The van der Waals surface area contributed by atoms with E-state index < -0.39 is 0 Å². The Morgan fingerprint density at radius 2 is 1.93 bits per heavy atom. The summed E-state index contributed by atoms with van der Waals surface area (Å²) in [4.78, 5) is 16.7. The van der Waals surface area contributed by atoms with Gasteiger partial charge in [0.05, 0.1) is 17.3 Å². The molecule has 3 aromatic rings. The van der Waals surface area contributed by atoms with Crippen molar-refractivity contribution in [1.82, 2.24) is 10.3 Å². The lowest BCUT2D eigenvalue weighted by molar-refractivity contribution is -0.115. The number of rotatable bonds is 8. The van der Waals surface area contributed by atoms with Gasteiger partial charge in [0.2, 0.25) is 5.91 Å². The van der Waals surface area contributed by atoms with Crippen LogP contribution in [0.4, 0.5) is 5.13 Å². The van der Waals surface area contributed by atoms with Gasteiger partial charge in [0.15, 0.2) is 5.13 Å². The standard InChI is InChI=1S/C22H23Cl2N3OS/c1-3-4-15-5-7-16(8-6-15)14(2)25-12-21(28)27-22-26-20(13-29-22)18-10-9-17(23)11-19(18)24/h5-11,13-14,25H,3-4,12H2,1-2H3,(H,26,27,28)/t14-/m0/s1. The van der Waals surface area contributed by atoms with E-state index in [2.05, 4.69) is 46.8 Å². The van der Waals surface area contributed by atoms with Crippen molar-refractivity contribution in [2.75, 3.05) is 11.9 Å². The Morgan fingerprint density at radius 1 is 1.17 bits per heavy atom. The summed E-state index contributed by atoms with van der Waals surface area (Å²) in [6.45, 7) is 4.42. The average molecular weight is 448 g/mol. The molecule has 29 heavy (non-hydrogen) atoms. The number of thiazole rings is 1. The fraction of sp³-hybridized carbons (Fsp3) is 0.273. The van der Waals surface area contributed by atoms with Crippen molar-refractivity contribution in [3.8, 4) is 11.3 Å². The summed E-state index contributed by atoms with van der Waals surface area (Å²) in [5, 5.41) is 9.58. The lowest BCUT2D eigenvalue weighted by Crippen LogP contribution is -2.30. The molecule has 1 aromatic heterocycles. The van der Waals surface area contributed by atoms with E-state index >= 15 is 0 Å². The van der Waals surface area contributed by atoms with E-state index in [0.717, 1.165) is 24.0 Å². The third-order valence-electron chi connectivity index (χ3n) is 4.54. The number of carbonyl (C=O) groups excluding carboxylic acids is 1. The van der Waals surface area contributed by atoms with Crippen LogP contribution >= 0.6 is 34.5 Å². The predicted molar refractivity (Wildman–Crippen MR) is 123 cm³/mol. The molecule has 152 valence electrons. The van der Waals surface area contributed by atoms with Gasteiger partial charge in [0.1, 0.15) is 0 Å². The number of anilines is 1. The Labute approximate surface area is 185 Å². The molecule has 0 fully saturated rings. The zero-order valence-electron chi connectivity index (χ0n) is 16.3. The summed E-state index contributed by atoms with van der Waals surface area (Å²) < 4.78 is 0. The highest BCUT2D eigenvalue weighted by atomic mass is 35.5. The lowest BCUT2D eigenvalue weighted by atomic mass is 10.0. The first kappa shape index (κ1) is 21.8. The minimum Gasteiger partial charge on any atom is -0.302 e. The zero-order valence-corrected chi connectivity index (χ0v) is 18.7. The number of nitrogens with zero attached hydrogens (tertiary/aromatic N) is 1. The molecule has 0 aliphatic heterocycles. The smallest absolute Gasteiger partial charge is 0.240 e. The molecular weight excluding hydrogens is 425 g/mol. The van der Waals surface area contributed by atoms with Crippen LogP contribution in [0.2, 0.25) is 10.0 Å². The monoisotopic (exact) mass is 447 g/mol. The third-order valence-corrected chi connectivity index (χ3v) is 5.85. The van der Waals surface area contributed by atoms with Gasteiger partial charge in [0.25, 0.3) is 0 Å². The van der Waals surface area contributed by atoms with E-state index in [4.69, 9.17) is 23.2 Å². The highest BCUT2D eigenvalue weighted by Crippen LogP contribution is 2.32. The van der Waals surface area contributed by atoms with Crippen molar-refractivity contribution >= 4 is 45.6 Å². The maximum absolute atomic E-state index is 12.3. The van der Waals surface area contributed by atoms with Crippen molar-refractivity contribution < 1.29 is 4.79 Å². The van der Waals surface area contributed by atoms with Gasteiger partial charge < -0.3 is 10.6 Å². The first-order valence-electron chi connectivity index (χ1n) is 9.49. The van der Waals surface area contributed by atoms with E-state index in [1.807, 2.05) is 18.4 Å². The summed E-state index contributed by atoms with van der Waals surface area (Å²) in [7, 11) is 0. The SMILES string of the molecule is CCCc1ccc([C@H](C)NCC(=O)Nc2nc(-c3ccc(Cl)cc3Cl)cs2)cc1. The minimum absolute atomic E-state index is 0.0798. The summed E-state index contributed by atoms with van der Waals surface area (Å²) >= 11 is 13.5. The first-order chi connectivity index (χ1) is 14.0. The van der Waals surface area contributed by atoms with Gasteiger partial charge in [-0.3, -0.25) is 4.79 Å². The minimum atomic E-state index is -0.137. The number of carbonyl (C=O) groups is 1. The molecule has 1 atom stereocenters. The Morgan fingerprint density at radius 3 is 2.62 bits per heavy atom. The van der Waals surface area contributed by atoms with Crippen molar-refractivity contribution in [1.29, 1.82) is 0 Å². The predicted octanol–water partition coefficient (Wildman–Crippen LogP) is 6.36. The van der Waals surface area contributed by atoms with E-state index in [-0.39, 0.29) is 18.5 Å². The van der Waals surface area contributed by atoms with Crippen molar-refractivity contribution in [3.63, 3.8) is 0 Å². The van der Waals surface area contributed by atoms with E-state index in [1.54, 1.807) is 12.1 Å². The van der Waals surface area contributed by atoms with Crippen LogP contribution in [0.5, 0.6) is 0 Å². The normalized spacial score (nSPS) is 12.0. The molecule has 0 unspecified atom stereocenters. The van der Waals surface area contributed by atoms with Crippen molar-refractivity contribution in [2.24, 2.45) is 0 Å². The molecule has 1 amide bonds. The summed E-state index contributed by atoms with van der Waals surface area (Å²) in [6, 6.07) is 13.9. The largest absolute Gasteiger partial charge is 0.302 e. The lowest BCUT2D eigenvalue weighted by Gasteiger charge is -2.14. The molecular formula is C22H23Cl2N3OS. The fourth-order valence-corrected chi connectivity index (χ4v) is 4.17. The Bertz CT molecular complexity index is 972. The van der Waals surface area contributed by atoms with Crippen LogP contribution < -0.4 is 10.6 Å². The second-order valence-electron chi connectivity index (χ2n) is 6.80. The number of halogens is 2. The average Bonchev–Trinajstić information content (AvgIpc) is 3.15. The topological polar surface area (TPSA) is 54.0 Å². The molecule has 1 heterocycles. The van der Waals surface area contributed by atoms with Gasteiger partial charge in [-0.25, -0.2) is 4.98 Å². The van der Waals surface area contributed by atoms with E-state index in [9.17, 15) is 4.79 Å². The number of hydrogen-bond acceptors (Lipinski definition) is 4. The molecule has 4 nitrogen and oxygen atoms in total. The summed E-state index contributed by atoms with van der Waals surface area (Å²) in [6.07, 6.45) is 2.22. The van der Waals surface area contributed by atoms with Crippen LogP contribution in [0.15, 0.2) is 47.8 Å². The van der Waals surface area contributed by atoms with Crippen molar-refractivity contribution in [3.05, 3.63) is 69.0 Å². The molecule has 0 spiro atoms. The molecule has 2 aromatic carbocycles. The fourth-order valence-electron chi connectivity index (χ4n) is 2.94. The van der Waals surface area contributed by atoms with Gasteiger partial charge in [-0.05, 0) is 42.7 Å². The molecule has 0 aliphatic rings. The van der Waals surface area contributed by atoms with Gasteiger partial charge in [-0.2, -0.15) is 0 Å². The van der Waals surface area contributed by atoms with Crippen LogP contribution in [-0.2, 0) is 11.2 Å². The Hall–Kier alpha value is -1.92. The molecule has 3 rings (SSSR count). The maximum atomic E-state index is 12.3. The third kappa shape index (κ3) is 6.03. The van der Waals surface area contributed by atoms with Crippen molar-refractivity contribution in [2.45, 2.75) is 32.7 Å². The van der Waals surface area contributed by atoms with Crippen LogP contribution in [0.1, 0.15) is 37.4 Å². The van der Waals surface area contributed by atoms with Gasteiger partial charge in [-0.1, -0.05) is 60.8 Å². The number of amides is 1. The second-order valence-corrected chi connectivity index (χ2v) is 8.51. The molecule has 0 saturated carbocycles. The molecule has 0 bridgehead atoms. The van der Waals surface area contributed by atoms with Crippen LogP contribution in [0, 0.1) is 0 Å². The van der Waals surface area contributed by atoms with Crippen LogP contribution in [0.25, 0.3) is 11.3 Å². The molecule has 0 saturated heterocycles. The highest BCUT2D eigenvalue weighted by Gasteiger charge is 2.12. The number of aryl methyl sites for hydroxylation is 1. The van der Waals surface area contributed by atoms with Gasteiger partial charge in [0, 0.05) is 22.0 Å². The zero-order chi connectivity index (χ0) is 20.8. The van der Waals surface area contributed by atoms with E-state index in [0.29, 0.717) is 20.9 Å². The molecule has 0 aliphatic carbocycles. The second kappa shape index (κ2) is 10.2. The van der Waals surface area contributed by atoms with Gasteiger partial charge >= 0.3 is 0 Å². The number of nitrogens with one attached hydrogen (secondary N) is 2. The number of hydrogen-bond donors (Lipinski definition) is 2. The number of benzene rings is 2. The quantitative estimate of drug-likeness (QED) is 0.422. The molecule has 7 heteroatoms.